The average molecular weight is 216 g/mol. The molecule has 2 rings (SSSR count). The molecule has 1 heterocycles. The van der Waals surface area contributed by atoms with E-state index in [4.69, 9.17) is 5.41 Å². The number of nitrogens with one attached hydrogen (secondary N) is 1. The molecule has 0 spiro atoms. The van der Waals surface area contributed by atoms with Crippen LogP contribution in [0.25, 0.3) is 0 Å². The van der Waals surface area contributed by atoms with E-state index < -0.39 is 0 Å². The first kappa shape index (κ1) is 10.6. The Morgan fingerprint density at radius 2 is 2.06 bits per heavy atom. The fraction of sp³-hybridized carbons (Fsp3) is 0.154. The Labute approximate surface area is 93.5 Å². The molecule has 0 bridgehead atoms. The summed E-state index contributed by atoms with van der Waals surface area (Å²) < 4.78 is 14.8. The van der Waals surface area contributed by atoms with Gasteiger partial charge in [0.05, 0.1) is 0 Å². The Morgan fingerprint density at radius 1 is 1.25 bits per heavy atom. The first-order valence-electron chi connectivity index (χ1n) is 5.11. The summed E-state index contributed by atoms with van der Waals surface area (Å²) in [5, 5.41) is 7.74. The molecule has 0 aliphatic carbocycles. The van der Waals surface area contributed by atoms with Crippen molar-refractivity contribution in [3.63, 3.8) is 0 Å². The van der Waals surface area contributed by atoms with E-state index in [0.29, 0.717) is 12.0 Å². The van der Waals surface area contributed by atoms with Crippen LogP contribution in [-0.2, 0) is 6.54 Å². The van der Waals surface area contributed by atoms with E-state index in [2.05, 4.69) is 0 Å². The van der Waals surface area contributed by atoms with Crippen LogP contribution in [0.5, 0.6) is 0 Å². The monoisotopic (exact) mass is 216 g/mol. The number of halogens is 1. The van der Waals surface area contributed by atoms with Gasteiger partial charge in [-0.25, -0.2) is 4.39 Å². The quantitative estimate of drug-likeness (QED) is 0.799. The molecule has 1 N–H and O–H groups in total. The van der Waals surface area contributed by atoms with Gasteiger partial charge in [0.15, 0.2) is 0 Å². The van der Waals surface area contributed by atoms with Crippen LogP contribution in [0.15, 0.2) is 42.6 Å². The molecule has 0 saturated heterocycles. The number of aryl methyl sites for hydroxylation is 1. The molecule has 0 unspecified atom stereocenters. The zero-order chi connectivity index (χ0) is 11.5. The van der Waals surface area contributed by atoms with Crippen LogP contribution < -0.4 is 5.49 Å². The van der Waals surface area contributed by atoms with Crippen molar-refractivity contribution in [2.24, 2.45) is 0 Å². The lowest BCUT2D eigenvalue weighted by molar-refractivity contribution is 0.622. The lowest BCUT2D eigenvalue weighted by Gasteiger charge is -2.08. The molecule has 0 aliphatic rings. The van der Waals surface area contributed by atoms with Crippen molar-refractivity contribution in [2.75, 3.05) is 0 Å². The van der Waals surface area contributed by atoms with Crippen molar-refractivity contribution < 1.29 is 4.39 Å². The van der Waals surface area contributed by atoms with E-state index >= 15 is 0 Å². The Hall–Kier alpha value is -1.90. The minimum Gasteiger partial charge on any atom is -0.329 e. The Morgan fingerprint density at radius 3 is 2.81 bits per heavy atom. The van der Waals surface area contributed by atoms with Crippen LogP contribution in [0.2, 0.25) is 0 Å². The summed E-state index contributed by atoms with van der Waals surface area (Å²) in [5.41, 5.74) is 2.38. The molecule has 2 nitrogen and oxygen atoms in total. The molecule has 1 aromatic heterocycles. The van der Waals surface area contributed by atoms with Gasteiger partial charge in [0.1, 0.15) is 11.3 Å². The van der Waals surface area contributed by atoms with E-state index in [0.717, 1.165) is 11.1 Å². The summed E-state index contributed by atoms with van der Waals surface area (Å²) in [4.78, 5) is 0. The second-order valence-corrected chi connectivity index (χ2v) is 3.85. The zero-order valence-electron chi connectivity index (χ0n) is 9.07. The molecule has 0 aliphatic heterocycles. The van der Waals surface area contributed by atoms with Crippen molar-refractivity contribution in [1.82, 2.24) is 4.57 Å². The second kappa shape index (κ2) is 4.31. The van der Waals surface area contributed by atoms with Crippen molar-refractivity contribution in [3.05, 3.63) is 65.0 Å². The number of benzene rings is 1. The molecule has 3 heteroatoms. The Balaban J connectivity index is 2.34. The fourth-order valence-electron chi connectivity index (χ4n) is 1.63. The molecule has 0 fully saturated rings. The molecule has 0 saturated carbocycles. The normalized spacial score (nSPS) is 10.4. The Bertz CT molecular complexity index is 558. The number of aromatic nitrogens is 1. The molecule has 0 radical (unpaired) electrons. The summed E-state index contributed by atoms with van der Waals surface area (Å²) in [6.07, 6.45) is 1.90. The summed E-state index contributed by atoms with van der Waals surface area (Å²) in [5.74, 6) is -0.239. The van der Waals surface area contributed by atoms with Gasteiger partial charge in [0.2, 0.25) is 0 Å². The highest BCUT2D eigenvalue weighted by atomic mass is 19.1. The van der Waals surface area contributed by atoms with Crippen LogP contribution >= 0.6 is 0 Å². The van der Waals surface area contributed by atoms with Gasteiger partial charge in [-0.15, -0.1) is 0 Å². The van der Waals surface area contributed by atoms with Crippen molar-refractivity contribution in [2.45, 2.75) is 13.5 Å². The maximum Gasteiger partial charge on any atom is 0.124 e. The van der Waals surface area contributed by atoms with Gasteiger partial charge in [-0.3, -0.25) is 5.41 Å². The summed E-state index contributed by atoms with van der Waals surface area (Å²) in [6, 6.07) is 10.1. The molecular formula is C13H13FN2. The standard InChI is InChI=1S/C13H13FN2/c1-10-5-6-13(15)16(8-10)9-11-3-2-4-12(14)7-11/h2-8,15H,9H2,1H3. The molecule has 82 valence electrons. The molecule has 0 atom stereocenters. The fourth-order valence-corrected chi connectivity index (χ4v) is 1.63. The summed E-state index contributed by atoms with van der Waals surface area (Å²) in [6.45, 7) is 2.50. The van der Waals surface area contributed by atoms with E-state index in [-0.39, 0.29) is 5.82 Å². The van der Waals surface area contributed by atoms with Gasteiger partial charge in [0.25, 0.3) is 0 Å². The lowest BCUT2D eigenvalue weighted by atomic mass is 10.2. The highest BCUT2D eigenvalue weighted by Gasteiger charge is 1.98. The van der Waals surface area contributed by atoms with Crippen LogP contribution in [-0.4, -0.2) is 4.57 Å². The van der Waals surface area contributed by atoms with E-state index in [1.165, 1.54) is 12.1 Å². The van der Waals surface area contributed by atoms with Crippen LogP contribution in [0.4, 0.5) is 4.39 Å². The van der Waals surface area contributed by atoms with E-state index in [1.807, 2.05) is 25.3 Å². The third kappa shape index (κ3) is 2.37. The smallest absolute Gasteiger partial charge is 0.124 e. The Kier molecular flexibility index (Phi) is 2.86. The van der Waals surface area contributed by atoms with Gasteiger partial charge in [-0.05, 0) is 36.2 Å². The third-order valence-corrected chi connectivity index (χ3v) is 2.41. The van der Waals surface area contributed by atoms with Gasteiger partial charge >= 0.3 is 0 Å². The van der Waals surface area contributed by atoms with Gasteiger partial charge < -0.3 is 4.57 Å². The SMILES string of the molecule is Cc1ccc(=N)n(Cc2cccc(F)c2)c1. The molecule has 0 amide bonds. The van der Waals surface area contributed by atoms with E-state index in [1.54, 1.807) is 16.7 Å². The largest absolute Gasteiger partial charge is 0.329 e. The lowest BCUT2D eigenvalue weighted by Crippen LogP contribution is -2.19. The van der Waals surface area contributed by atoms with Gasteiger partial charge in [0, 0.05) is 12.7 Å². The number of pyridine rings is 1. The molecule has 2 aromatic rings. The van der Waals surface area contributed by atoms with Crippen LogP contribution in [0.1, 0.15) is 11.1 Å². The number of rotatable bonds is 2. The van der Waals surface area contributed by atoms with Crippen molar-refractivity contribution in [3.8, 4) is 0 Å². The summed E-state index contributed by atoms with van der Waals surface area (Å²) in [7, 11) is 0. The average Bonchev–Trinajstić information content (AvgIpc) is 2.24. The third-order valence-electron chi connectivity index (χ3n) is 2.41. The first-order valence-corrected chi connectivity index (χ1v) is 5.11. The minimum atomic E-state index is -0.239. The summed E-state index contributed by atoms with van der Waals surface area (Å²) >= 11 is 0. The first-order chi connectivity index (χ1) is 7.65. The van der Waals surface area contributed by atoms with Crippen molar-refractivity contribution >= 4 is 0 Å². The topological polar surface area (TPSA) is 28.8 Å². The molecular weight excluding hydrogens is 203 g/mol. The molecule has 16 heavy (non-hydrogen) atoms. The second-order valence-electron chi connectivity index (χ2n) is 3.85. The number of hydrogen-bond acceptors (Lipinski definition) is 1. The zero-order valence-corrected chi connectivity index (χ0v) is 9.07. The number of nitrogens with zero attached hydrogens (tertiary/aromatic N) is 1. The maximum absolute atomic E-state index is 13.0. The van der Waals surface area contributed by atoms with Crippen LogP contribution in [0, 0.1) is 18.2 Å². The molecule has 1 aromatic carbocycles. The van der Waals surface area contributed by atoms with E-state index in [9.17, 15) is 4.39 Å². The predicted molar refractivity (Wildman–Crippen MR) is 60.5 cm³/mol. The minimum absolute atomic E-state index is 0.239. The van der Waals surface area contributed by atoms with Gasteiger partial charge in [-0.2, -0.15) is 0 Å². The number of hydrogen-bond donors (Lipinski definition) is 1. The highest BCUT2D eigenvalue weighted by molar-refractivity contribution is 5.17. The van der Waals surface area contributed by atoms with Crippen molar-refractivity contribution in [1.29, 1.82) is 5.41 Å². The predicted octanol–water partition coefficient (Wildman–Crippen LogP) is 2.46. The van der Waals surface area contributed by atoms with Gasteiger partial charge in [-0.1, -0.05) is 18.2 Å². The highest BCUT2D eigenvalue weighted by Crippen LogP contribution is 2.05. The maximum atomic E-state index is 13.0. The van der Waals surface area contributed by atoms with Crippen LogP contribution in [0.3, 0.4) is 0 Å².